The average molecular weight is 273 g/mol. The summed E-state index contributed by atoms with van der Waals surface area (Å²) in [6.45, 7) is 1.89. The summed E-state index contributed by atoms with van der Waals surface area (Å²) in [5.74, 6) is 0. The van der Waals surface area contributed by atoms with Crippen LogP contribution in [0.25, 0.3) is 0 Å². The van der Waals surface area contributed by atoms with Crippen molar-refractivity contribution in [1.82, 2.24) is 20.1 Å². The van der Waals surface area contributed by atoms with E-state index in [-0.39, 0.29) is 12.4 Å². The predicted octanol–water partition coefficient (Wildman–Crippen LogP) is 2.02. The fourth-order valence-electron chi connectivity index (χ4n) is 1.56. The SMILES string of the molecule is Cl.Cn1cc(CCCNCc2cscn2)cn1. The number of nitrogens with one attached hydrogen (secondary N) is 1. The highest BCUT2D eigenvalue weighted by Gasteiger charge is 1.97. The Morgan fingerprint density at radius 3 is 3.00 bits per heavy atom. The maximum Gasteiger partial charge on any atom is 0.0795 e. The summed E-state index contributed by atoms with van der Waals surface area (Å²) < 4.78 is 1.85. The van der Waals surface area contributed by atoms with Gasteiger partial charge in [0.1, 0.15) is 0 Å². The zero-order chi connectivity index (χ0) is 11.2. The highest BCUT2D eigenvalue weighted by atomic mass is 35.5. The minimum Gasteiger partial charge on any atom is -0.311 e. The molecular formula is C11H17ClN4S. The lowest BCUT2D eigenvalue weighted by Gasteiger charge is -2.01. The van der Waals surface area contributed by atoms with Crippen LogP contribution < -0.4 is 5.32 Å². The Kier molecular flexibility index (Phi) is 6.18. The van der Waals surface area contributed by atoms with E-state index in [2.05, 4.69) is 27.0 Å². The smallest absolute Gasteiger partial charge is 0.0795 e. The van der Waals surface area contributed by atoms with Gasteiger partial charge in [0.25, 0.3) is 0 Å². The monoisotopic (exact) mass is 272 g/mol. The molecule has 17 heavy (non-hydrogen) atoms. The van der Waals surface area contributed by atoms with Gasteiger partial charge in [-0.15, -0.1) is 23.7 Å². The lowest BCUT2D eigenvalue weighted by molar-refractivity contribution is 0.642. The standard InChI is InChI=1S/C11H16N4S.ClH/c1-15-7-10(5-14-15)3-2-4-12-6-11-8-16-9-13-11;/h5,7-9,12H,2-4,6H2,1H3;1H. The normalized spacial score (nSPS) is 10.2. The first-order chi connectivity index (χ1) is 7.84. The van der Waals surface area contributed by atoms with Crippen molar-refractivity contribution in [1.29, 1.82) is 0 Å². The Morgan fingerprint density at radius 2 is 2.35 bits per heavy atom. The second kappa shape index (κ2) is 7.42. The largest absolute Gasteiger partial charge is 0.311 e. The molecule has 0 atom stereocenters. The van der Waals surface area contributed by atoms with E-state index in [4.69, 9.17) is 0 Å². The zero-order valence-electron chi connectivity index (χ0n) is 9.80. The number of hydrogen-bond donors (Lipinski definition) is 1. The van der Waals surface area contributed by atoms with Crippen molar-refractivity contribution in [2.75, 3.05) is 6.54 Å². The van der Waals surface area contributed by atoms with Crippen molar-refractivity contribution in [3.05, 3.63) is 34.5 Å². The molecule has 2 aromatic heterocycles. The molecule has 0 bridgehead atoms. The molecule has 2 rings (SSSR count). The van der Waals surface area contributed by atoms with Crippen molar-refractivity contribution in [3.8, 4) is 0 Å². The molecule has 2 aromatic rings. The average Bonchev–Trinajstić information content (AvgIpc) is 2.89. The van der Waals surface area contributed by atoms with E-state index in [0.29, 0.717) is 0 Å². The first kappa shape index (κ1) is 14.2. The van der Waals surface area contributed by atoms with Crippen LogP contribution in [0.2, 0.25) is 0 Å². The summed E-state index contributed by atoms with van der Waals surface area (Å²) >= 11 is 1.64. The quantitative estimate of drug-likeness (QED) is 0.818. The van der Waals surface area contributed by atoms with Crippen molar-refractivity contribution < 1.29 is 0 Å². The number of halogens is 1. The van der Waals surface area contributed by atoms with Crippen molar-refractivity contribution >= 4 is 23.7 Å². The molecule has 0 aromatic carbocycles. The van der Waals surface area contributed by atoms with Crippen LogP contribution in [0.4, 0.5) is 0 Å². The summed E-state index contributed by atoms with van der Waals surface area (Å²) in [4.78, 5) is 4.22. The van der Waals surface area contributed by atoms with E-state index in [9.17, 15) is 0 Å². The lowest BCUT2D eigenvalue weighted by Crippen LogP contribution is -2.15. The lowest BCUT2D eigenvalue weighted by atomic mass is 10.2. The Morgan fingerprint density at radius 1 is 1.47 bits per heavy atom. The number of nitrogens with zero attached hydrogens (tertiary/aromatic N) is 3. The van der Waals surface area contributed by atoms with Crippen LogP contribution in [0.3, 0.4) is 0 Å². The molecule has 94 valence electrons. The molecule has 0 saturated heterocycles. The van der Waals surface area contributed by atoms with Gasteiger partial charge in [0.2, 0.25) is 0 Å². The summed E-state index contributed by atoms with van der Waals surface area (Å²) in [5, 5.41) is 9.60. The minimum atomic E-state index is 0. The van der Waals surface area contributed by atoms with Crippen LogP contribution in [0.15, 0.2) is 23.3 Å². The van der Waals surface area contributed by atoms with E-state index < -0.39 is 0 Å². The zero-order valence-corrected chi connectivity index (χ0v) is 11.4. The summed E-state index contributed by atoms with van der Waals surface area (Å²) in [6.07, 6.45) is 6.22. The number of aromatic nitrogens is 3. The van der Waals surface area contributed by atoms with Gasteiger partial charge in [-0.2, -0.15) is 5.10 Å². The topological polar surface area (TPSA) is 42.7 Å². The van der Waals surface area contributed by atoms with E-state index in [1.807, 2.05) is 23.4 Å². The fraction of sp³-hybridized carbons (Fsp3) is 0.455. The molecule has 0 radical (unpaired) electrons. The maximum atomic E-state index is 4.22. The van der Waals surface area contributed by atoms with Crippen LogP contribution >= 0.6 is 23.7 Å². The summed E-state index contributed by atoms with van der Waals surface area (Å²) in [6, 6.07) is 0. The van der Waals surface area contributed by atoms with Crippen LogP contribution in [0.1, 0.15) is 17.7 Å². The van der Waals surface area contributed by atoms with E-state index in [1.165, 1.54) is 5.56 Å². The molecule has 6 heteroatoms. The van der Waals surface area contributed by atoms with Crippen molar-refractivity contribution in [2.24, 2.45) is 7.05 Å². The van der Waals surface area contributed by atoms with Crippen LogP contribution in [-0.4, -0.2) is 21.3 Å². The van der Waals surface area contributed by atoms with E-state index in [1.54, 1.807) is 11.3 Å². The Labute approximate surface area is 111 Å². The van der Waals surface area contributed by atoms with Gasteiger partial charge in [-0.1, -0.05) is 0 Å². The van der Waals surface area contributed by atoms with E-state index >= 15 is 0 Å². The summed E-state index contributed by atoms with van der Waals surface area (Å²) in [5.41, 5.74) is 4.30. The molecule has 0 aliphatic rings. The van der Waals surface area contributed by atoms with Gasteiger partial charge in [0, 0.05) is 25.2 Å². The molecule has 0 aliphatic carbocycles. The fourth-order valence-corrected chi connectivity index (χ4v) is 2.12. The highest BCUT2D eigenvalue weighted by molar-refractivity contribution is 7.07. The first-order valence-electron chi connectivity index (χ1n) is 5.40. The predicted molar refractivity (Wildman–Crippen MR) is 72.6 cm³/mol. The van der Waals surface area contributed by atoms with Crippen molar-refractivity contribution in [3.63, 3.8) is 0 Å². The molecule has 0 spiro atoms. The minimum absolute atomic E-state index is 0. The molecule has 0 unspecified atom stereocenters. The molecule has 4 nitrogen and oxygen atoms in total. The number of rotatable bonds is 6. The molecular weight excluding hydrogens is 256 g/mol. The van der Waals surface area contributed by atoms with Crippen molar-refractivity contribution in [2.45, 2.75) is 19.4 Å². The molecule has 1 N–H and O–H groups in total. The Bertz CT molecular complexity index is 413. The second-order valence-electron chi connectivity index (χ2n) is 3.78. The van der Waals surface area contributed by atoms with Gasteiger partial charge in [-0.05, 0) is 24.9 Å². The molecule has 2 heterocycles. The van der Waals surface area contributed by atoms with Gasteiger partial charge in [0.15, 0.2) is 0 Å². The van der Waals surface area contributed by atoms with Crippen LogP contribution in [0, 0.1) is 0 Å². The Hall–Kier alpha value is -0.910. The van der Waals surface area contributed by atoms with Gasteiger partial charge in [0.05, 0.1) is 17.4 Å². The van der Waals surface area contributed by atoms with Gasteiger partial charge in [-0.3, -0.25) is 4.68 Å². The number of aryl methyl sites for hydroxylation is 2. The van der Waals surface area contributed by atoms with Crippen LogP contribution in [0.5, 0.6) is 0 Å². The highest BCUT2D eigenvalue weighted by Crippen LogP contribution is 2.01. The molecule has 0 saturated carbocycles. The summed E-state index contributed by atoms with van der Waals surface area (Å²) in [7, 11) is 1.95. The molecule has 0 fully saturated rings. The van der Waals surface area contributed by atoms with E-state index in [0.717, 1.165) is 31.6 Å². The third-order valence-corrected chi connectivity index (χ3v) is 3.00. The number of thiazole rings is 1. The van der Waals surface area contributed by atoms with Gasteiger partial charge >= 0.3 is 0 Å². The third-order valence-electron chi connectivity index (χ3n) is 2.37. The first-order valence-corrected chi connectivity index (χ1v) is 6.34. The number of hydrogen-bond acceptors (Lipinski definition) is 4. The second-order valence-corrected chi connectivity index (χ2v) is 4.50. The van der Waals surface area contributed by atoms with Gasteiger partial charge in [-0.25, -0.2) is 4.98 Å². The van der Waals surface area contributed by atoms with Gasteiger partial charge < -0.3 is 5.32 Å². The third kappa shape index (κ3) is 4.85. The Balaban J connectivity index is 0.00000144. The molecule has 0 amide bonds. The maximum absolute atomic E-state index is 4.22. The van der Waals surface area contributed by atoms with Crippen LogP contribution in [-0.2, 0) is 20.0 Å². The molecule has 0 aliphatic heterocycles.